The van der Waals surface area contributed by atoms with E-state index >= 15 is 0 Å². The van der Waals surface area contributed by atoms with Crippen LogP contribution in [0.15, 0.2) is 53.7 Å². The van der Waals surface area contributed by atoms with Crippen molar-refractivity contribution >= 4 is 11.8 Å². The number of nitrogens with zero attached hydrogens (tertiary/aromatic N) is 3. The van der Waals surface area contributed by atoms with E-state index in [0.717, 1.165) is 22.5 Å². The molecule has 0 spiro atoms. The van der Waals surface area contributed by atoms with Crippen LogP contribution >= 0.6 is 11.8 Å². The number of hydrogen-bond donors (Lipinski definition) is 0. The summed E-state index contributed by atoms with van der Waals surface area (Å²) in [5.74, 6) is 2.55. The van der Waals surface area contributed by atoms with Crippen LogP contribution in [0.25, 0.3) is 0 Å². The lowest BCUT2D eigenvalue weighted by Gasteiger charge is -2.19. The van der Waals surface area contributed by atoms with Crippen molar-refractivity contribution in [1.29, 1.82) is 0 Å². The lowest BCUT2D eigenvalue weighted by atomic mass is 9.87. The lowest BCUT2D eigenvalue weighted by molar-refractivity contribution is 0.290. The van der Waals surface area contributed by atoms with Crippen molar-refractivity contribution < 1.29 is 4.74 Å². The topological polar surface area (TPSA) is 39.9 Å². The molecule has 0 bridgehead atoms. The molecular weight excluding hydrogens is 354 g/mol. The fourth-order valence-electron chi connectivity index (χ4n) is 2.71. The molecule has 0 radical (unpaired) electrons. The summed E-state index contributed by atoms with van der Waals surface area (Å²) >= 11 is 1.70. The molecule has 0 unspecified atom stereocenters. The molecule has 27 heavy (non-hydrogen) atoms. The van der Waals surface area contributed by atoms with Crippen molar-refractivity contribution in [2.75, 3.05) is 0 Å². The van der Waals surface area contributed by atoms with E-state index in [2.05, 4.69) is 74.3 Å². The van der Waals surface area contributed by atoms with E-state index in [1.165, 1.54) is 16.7 Å². The second-order valence-corrected chi connectivity index (χ2v) is 8.68. The molecule has 0 fully saturated rings. The van der Waals surface area contributed by atoms with E-state index in [4.69, 9.17) is 4.74 Å². The van der Waals surface area contributed by atoms with Crippen molar-refractivity contribution in [1.82, 2.24) is 14.8 Å². The van der Waals surface area contributed by atoms with Gasteiger partial charge in [-0.25, -0.2) is 0 Å². The summed E-state index contributed by atoms with van der Waals surface area (Å²) < 4.78 is 7.91. The molecule has 2 aromatic carbocycles. The zero-order valence-electron chi connectivity index (χ0n) is 16.7. The average Bonchev–Trinajstić information content (AvgIpc) is 2.99. The van der Waals surface area contributed by atoms with Gasteiger partial charge >= 0.3 is 0 Å². The monoisotopic (exact) mass is 381 g/mol. The number of benzene rings is 2. The molecule has 0 aliphatic carbocycles. The Morgan fingerprint density at radius 3 is 2.37 bits per heavy atom. The fourth-order valence-corrected chi connectivity index (χ4v) is 3.72. The molecule has 0 N–H and O–H groups in total. The molecule has 4 nitrogen and oxygen atoms in total. The maximum absolute atomic E-state index is 5.90. The van der Waals surface area contributed by atoms with Crippen molar-refractivity contribution in [2.45, 2.75) is 50.6 Å². The van der Waals surface area contributed by atoms with E-state index in [-0.39, 0.29) is 5.41 Å². The predicted octanol–water partition coefficient (Wildman–Crippen LogP) is 5.29. The maximum Gasteiger partial charge on any atom is 0.191 e. The molecule has 0 saturated carbocycles. The van der Waals surface area contributed by atoms with Gasteiger partial charge in [-0.05, 0) is 41.2 Å². The van der Waals surface area contributed by atoms with Gasteiger partial charge in [0.15, 0.2) is 11.0 Å². The van der Waals surface area contributed by atoms with Crippen LogP contribution in [-0.2, 0) is 24.8 Å². The van der Waals surface area contributed by atoms with Gasteiger partial charge in [0.2, 0.25) is 0 Å². The smallest absolute Gasteiger partial charge is 0.191 e. The Hall–Kier alpha value is -2.27. The van der Waals surface area contributed by atoms with E-state index in [9.17, 15) is 0 Å². The average molecular weight is 382 g/mol. The van der Waals surface area contributed by atoms with Gasteiger partial charge in [0.1, 0.15) is 12.4 Å². The molecule has 142 valence electrons. The Labute approximate surface area is 166 Å². The highest BCUT2D eigenvalue weighted by atomic mass is 32.2. The van der Waals surface area contributed by atoms with Gasteiger partial charge in [0, 0.05) is 12.8 Å². The van der Waals surface area contributed by atoms with Crippen LogP contribution in [0, 0.1) is 6.92 Å². The van der Waals surface area contributed by atoms with Gasteiger partial charge < -0.3 is 9.30 Å². The third-order valence-corrected chi connectivity index (χ3v) is 5.70. The minimum Gasteiger partial charge on any atom is -0.486 e. The summed E-state index contributed by atoms with van der Waals surface area (Å²) in [6.45, 7) is 9.16. The molecule has 0 saturated heterocycles. The second kappa shape index (κ2) is 8.17. The van der Waals surface area contributed by atoms with Gasteiger partial charge in [-0.1, -0.05) is 68.9 Å². The summed E-state index contributed by atoms with van der Waals surface area (Å²) in [6.07, 6.45) is 0. The van der Waals surface area contributed by atoms with Crippen LogP contribution < -0.4 is 4.74 Å². The highest BCUT2D eigenvalue weighted by Crippen LogP contribution is 2.25. The summed E-state index contributed by atoms with van der Waals surface area (Å²) in [4.78, 5) is 0. The molecule has 1 heterocycles. The minimum atomic E-state index is 0.144. The number of aromatic nitrogens is 3. The first-order chi connectivity index (χ1) is 12.8. The van der Waals surface area contributed by atoms with Crippen LogP contribution in [-0.4, -0.2) is 14.8 Å². The Morgan fingerprint density at radius 1 is 1.00 bits per heavy atom. The van der Waals surface area contributed by atoms with Gasteiger partial charge in [-0.3, -0.25) is 0 Å². The number of aryl methyl sites for hydroxylation is 1. The van der Waals surface area contributed by atoms with Crippen molar-refractivity contribution in [2.24, 2.45) is 7.05 Å². The molecular formula is C22H27N3OS. The standard InChI is InChI=1S/C22H27N3OS/c1-16-8-6-7-9-17(16)15-27-21-24-23-20(25(21)5)14-26-19-12-10-18(11-13-19)22(2,3)4/h6-13H,14-15H2,1-5H3. The molecule has 0 aliphatic rings. The summed E-state index contributed by atoms with van der Waals surface area (Å²) in [5.41, 5.74) is 4.06. The summed E-state index contributed by atoms with van der Waals surface area (Å²) in [7, 11) is 1.99. The molecule has 5 heteroatoms. The van der Waals surface area contributed by atoms with Crippen LogP contribution in [0.3, 0.4) is 0 Å². The van der Waals surface area contributed by atoms with Crippen LogP contribution in [0.1, 0.15) is 43.3 Å². The number of ether oxygens (including phenoxy) is 1. The largest absolute Gasteiger partial charge is 0.486 e. The van der Waals surface area contributed by atoms with Crippen LogP contribution in [0.5, 0.6) is 5.75 Å². The Kier molecular flexibility index (Phi) is 5.90. The number of thioether (sulfide) groups is 1. The highest BCUT2D eigenvalue weighted by Gasteiger charge is 2.14. The second-order valence-electron chi connectivity index (χ2n) is 7.74. The SMILES string of the molecule is Cc1ccccc1CSc1nnc(COc2ccc(C(C)(C)C)cc2)n1C. The van der Waals surface area contributed by atoms with E-state index in [1.54, 1.807) is 11.8 Å². The van der Waals surface area contributed by atoms with Crippen LogP contribution in [0.2, 0.25) is 0 Å². The van der Waals surface area contributed by atoms with E-state index in [0.29, 0.717) is 6.61 Å². The Morgan fingerprint density at radius 2 is 1.70 bits per heavy atom. The number of hydrogen-bond acceptors (Lipinski definition) is 4. The summed E-state index contributed by atoms with van der Waals surface area (Å²) in [5, 5.41) is 9.51. The first-order valence-electron chi connectivity index (χ1n) is 9.13. The van der Waals surface area contributed by atoms with Gasteiger partial charge in [0.05, 0.1) is 0 Å². The van der Waals surface area contributed by atoms with Gasteiger partial charge in [0.25, 0.3) is 0 Å². The third-order valence-electron chi connectivity index (χ3n) is 4.63. The van der Waals surface area contributed by atoms with Crippen LogP contribution in [0.4, 0.5) is 0 Å². The Bertz CT molecular complexity index is 895. The van der Waals surface area contributed by atoms with Crippen molar-refractivity contribution in [3.8, 4) is 5.75 Å². The van der Waals surface area contributed by atoms with E-state index < -0.39 is 0 Å². The molecule has 0 atom stereocenters. The zero-order valence-corrected chi connectivity index (χ0v) is 17.5. The zero-order chi connectivity index (χ0) is 19.4. The summed E-state index contributed by atoms with van der Waals surface area (Å²) in [6, 6.07) is 16.7. The Balaban J connectivity index is 1.59. The molecule has 1 aromatic heterocycles. The highest BCUT2D eigenvalue weighted by molar-refractivity contribution is 7.98. The predicted molar refractivity (Wildman–Crippen MR) is 111 cm³/mol. The molecule has 0 amide bonds. The maximum atomic E-state index is 5.90. The van der Waals surface area contributed by atoms with Gasteiger partial charge in [-0.2, -0.15) is 0 Å². The number of rotatable bonds is 6. The van der Waals surface area contributed by atoms with Gasteiger partial charge in [-0.15, -0.1) is 10.2 Å². The molecule has 3 aromatic rings. The normalized spacial score (nSPS) is 11.6. The first kappa shape index (κ1) is 19.5. The first-order valence-corrected chi connectivity index (χ1v) is 10.1. The lowest BCUT2D eigenvalue weighted by Crippen LogP contribution is -2.10. The quantitative estimate of drug-likeness (QED) is 0.544. The minimum absolute atomic E-state index is 0.144. The van der Waals surface area contributed by atoms with E-state index in [1.807, 2.05) is 23.7 Å². The fraction of sp³-hybridized carbons (Fsp3) is 0.364. The third kappa shape index (κ3) is 4.92. The van der Waals surface area contributed by atoms with Crippen molar-refractivity contribution in [3.05, 3.63) is 71.0 Å². The molecule has 0 aliphatic heterocycles. The molecule has 3 rings (SSSR count). The van der Waals surface area contributed by atoms with Crippen molar-refractivity contribution in [3.63, 3.8) is 0 Å².